The van der Waals surface area contributed by atoms with Crippen molar-refractivity contribution in [3.8, 4) is 0 Å². The fraction of sp³-hybridized carbons (Fsp3) is 0.800. The van der Waals surface area contributed by atoms with Crippen LogP contribution in [0.25, 0.3) is 0 Å². The lowest BCUT2D eigenvalue weighted by atomic mass is 10.3. The summed E-state index contributed by atoms with van der Waals surface area (Å²) >= 11 is 0. The van der Waals surface area contributed by atoms with Crippen molar-refractivity contribution in [2.75, 3.05) is 13.2 Å². The van der Waals surface area contributed by atoms with Crippen molar-refractivity contribution >= 4 is 6.47 Å². The van der Waals surface area contributed by atoms with Crippen molar-refractivity contribution in [3.05, 3.63) is 0 Å². The van der Waals surface area contributed by atoms with Gasteiger partial charge in [0.05, 0.1) is 13.2 Å². The Morgan fingerprint density at radius 2 is 2.62 bits per heavy atom. The van der Waals surface area contributed by atoms with Gasteiger partial charge in [-0.1, -0.05) is 0 Å². The monoisotopic (exact) mass is 116 g/mol. The molecule has 1 heterocycles. The first-order valence-electron chi connectivity index (χ1n) is 2.60. The third kappa shape index (κ3) is 1.20. The van der Waals surface area contributed by atoms with E-state index in [0.717, 1.165) is 13.0 Å². The van der Waals surface area contributed by atoms with Gasteiger partial charge in [-0.25, -0.2) is 0 Å². The topological polar surface area (TPSA) is 35.5 Å². The summed E-state index contributed by atoms with van der Waals surface area (Å²) in [7, 11) is 0. The Labute approximate surface area is 47.6 Å². The van der Waals surface area contributed by atoms with Gasteiger partial charge < -0.3 is 9.47 Å². The van der Waals surface area contributed by atoms with Gasteiger partial charge >= 0.3 is 0 Å². The van der Waals surface area contributed by atoms with Crippen LogP contribution in [0, 0.1) is 0 Å². The Morgan fingerprint density at radius 1 is 1.75 bits per heavy atom. The molecule has 0 aromatic heterocycles. The maximum absolute atomic E-state index is 9.68. The molecule has 3 heteroatoms. The average molecular weight is 116 g/mol. The van der Waals surface area contributed by atoms with Gasteiger partial charge in [-0.05, 0) is 0 Å². The molecule has 1 rings (SSSR count). The number of carbonyl (C=O) groups excluding carboxylic acids is 1. The largest absolute Gasteiger partial charge is 0.462 e. The second-order valence-corrected chi connectivity index (χ2v) is 1.72. The van der Waals surface area contributed by atoms with Crippen LogP contribution < -0.4 is 0 Å². The third-order valence-electron chi connectivity index (χ3n) is 1.14. The summed E-state index contributed by atoms with van der Waals surface area (Å²) < 4.78 is 9.52. The first-order valence-corrected chi connectivity index (χ1v) is 2.60. The molecule has 0 saturated carbocycles. The molecule has 1 saturated heterocycles. The van der Waals surface area contributed by atoms with Crippen LogP contribution in [0.5, 0.6) is 0 Å². The van der Waals surface area contributed by atoms with Crippen molar-refractivity contribution in [1.82, 2.24) is 0 Å². The standard InChI is InChI=1S/C5H8O3/c6-4-8-5-1-2-7-3-5/h4-5H,1-3H2/t5-/m1/s1. The van der Waals surface area contributed by atoms with E-state index in [1.807, 2.05) is 0 Å². The maximum Gasteiger partial charge on any atom is 0.293 e. The minimum atomic E-state index is 0.0208. The fourth-order valence-electron chi connectivity index (χ4n) is 0.699. The van der Waals surface area contributed by atoms with Crippen LogP contribution in [0.3, 0.4) is 0 Å². The molecule has 1 aliphatic heterocycles. The summed E-state index contributed by atoms with van der Waals surface area (Å²) in [4.78, 5) is 9.68. The number of hydrogen-bond donors (Lipinski definition) is 0. The van der Waals surface area contributed by atoms with E-state index in [2.05, 4.69) is 4.74 Å². The van der Waals surface area contributed by atoms with Gasteiger partial charge in [0.25, 0.3) is 6.47 Å². The molecule has 0 bridgehead atoms. The smallest absolute Gasteiger partial charge is 0.293 e. The van der Waals surface area contributed by atoms with Gasteiger partial charge in [-0.15, -0.1) is 0 Å². The molecule has 46 valence electrons. The van der Waals surface area contributed by atoms with Gasteiger partial charge in [-0.2, -0.15) is 0 Å². The molecule has 0 amide bonds. The molecular weight excluding hydrogens is 108 g/mol. The minimum Gasteiger partial charge on any atom is -0.462 e. The zero-order valence-corrected chi connectivity index (χ0v) is 4.50. The molecule has 0 unspecified atom stereocenters. The van der Waals surface area contributed by atoms with Gasteiger partial charge in [0, 0.05) is 6.42 Å². The van der Waals surface area contributed by atoms with Crippen molar-refractivity contribution in [1.29, 1.82) is 0 Å². The maximum atomic E-state index is 9.68. The highest BCUT2D eigenvalue weighted by Crippen LogP contribution is 2.05. The van der Waals surface area contributed by atoms with Crippen LogP contribution in [0.15, 0.2) is 0 Å². The summed E-state index contributed by atoms with van der Waals surface area (Å²) in [5.41, 5.74) is 0. The Kier molecular flexibility index (Phi) is 1.86. The molecule has 1 fully saturated rings. The lowest BCUT2D eigenvalue weighted by Crippen LogP contribution is -2.10. The van der Waals surface area contributed by atoms with Gasteiger partial charge in [-0.3, -0.25) is 4.79 Å². The second-order valence-electron chi connectivity index (χ2n) is 1.72. The quantitative estimate of drug-likeness (QED) is 0.474. The molecule has 0 N–H and O–H groups in total. The van der Waals surface area contributed by atoms with Gasteiger partial charge in [0.1, 0.15) is 6.10 Å². The summed E-state index contributed by atoms with van der Waals surface area (Å²) in [6, 6.07) is 0. The van der Waals surface area contributed by atoms with Crippen LogP contribution >= 0.6 is 0 Å². The first kappa shape index (κ1) is 5.56. The molecule has 1 atom stereocenters. The first-order chi connectivity index (χ1) is 3.93. The van der Waals surface area contributed by atoms with Crippen LogP contribution in [-0.2, 0) is 14.3 Å². The van der Waals surface area contributed by atoms with Crippen molar-refractivity contribution in [2.45, 2.75) is 12.5 Å². The highest BCUT2D eigenvalue weighted by molar-refractivity contribution is 5.37. The lowest BCUT2D eigenvalue weighted by molar-refractivity contribution is -0.133. The predicted molar refractivity (Wildman–Crippen MR) is 26.4 cm³/mol. The summed E-state index contributed by atoms with van der Waals surface area (Å²) in [5.74, 6) is 0. The molecule has 0 spiro atoms. The molecule has 3 nitrogen and oxygen atoms in total. The molecular formula is C5H8O3. The number of ether oxygens (including phenoxy) is 2. The normalized spacial score (nSPS) is 27.8. The van der Waals surface area contributed by atoms with E-state index < -0.39 is 0 Å². The molecule has 0 aliphatic carbocycles. The molecule has 1 aliphatic rings. The second kappa shape index (κ2) is 2.67. The van der Waals surface area contributed by atoms with Crippen LogP contribution in [0.1, 0.15) is 6.42 Å². The third-order valence-corrected chi connectivity index (χ3v) is 1.14. The number of hydrogen-bond acceptors (Lipinski definition) is 3. The Balaban J connectivity index is 2.14. The number of carbonyl (C=O) groups is 1. The molecule has 8 heavy (non-hydrogen) atoms. The van der Waals surface area contributed by atoms with E-state index in [-0.39, 0.29) is 6.10 Å². The molecule has 0 aromatic carbocycles. The van der Waals surface area contributed by atoms with Crippen LogP contribution in [0.4, 0.5) is 0 Å². The molecule has 0 radical (unpaired) electrons. The fourth-order valence-corrected chi connectivity index (χ4v) is 0.699. The van der Waals surface area contributed by atoms with Crippen LogP contribution in [0.2, 0.25) is 0 Å². The Hall–Kier alpha value is -0.570. The van der Waals surface area contributed by atoms with E-state index >= 15 is 0 Å². The van der Waals surface area contributed by atoms with Gasteiger partial charge in [0.2, 0.25) is 0 Å². The van der Waals surface area contributed by atoms with E-state index in [1.54, 1.807) is 0 Å². The van der Waals surface area contributed by atoms with Crippen molar-refractivity contribution < 1.29 is 14.3 Å². The van der Waals surface area contributed by atoms with Crippen molar-refractivity contribution in [2.24, 2.45) is 0 Å². The summed E-state index contributed by atoms with van der Waals surface area (Å²) in [5, 5.41) is 0. The predicted octanol–water partition coefficient (Wildman–Crippen LogP) is -0.0517. The zero-order chi connectivity index (χ0) is 5.82. The summed E-state index contributed by atoms with van der Waals surface area (Å²) in [6.07, 6.45) is 0.867. The summed E-state index contributed by atoms with van der Waals surface area (Å²) in [6.45, 7) is 1.76. The Bertz CT molecular complexity index is 75.7. The van der Waals surface area contributed by atoms with E-state index in [1.165, 1.54) is 0 Å². The van der Waals surface area contributed by atoms with Crippen LogP contribution in [-0.4, -0.2) is 25.8 Å². The number of rotatable bonds is 2. The SMILES string of the molecule is O=CO[C@@H]1CCOC1. The molecule has 0 aromatic rings. The average Bonchev–Trinajstić information content (AvgIpc) is 2.19. The van der Waals surface area contributed by atoms with E-state index in [4.69, 9.17) is 4.74 Å². The minimum absolute atomic E-state index is 0.0208. The highest BCUT2D eigenvalue weighted by atomic mass is 16.6. The zero-order valence-electron chi connectivity index (χ0n) is 4.50. The highest BCUT2D eigenvalue weighted by Gasteiger charge is 2.15. The van der Waals surface area contributed by atoms with E-state index in [9.17, 15) is 4.79 Å². The lowest BCUT2D eigenvalue weighted by Gasteiger charge is -2.01. The van der Waals surface area contributed by atoms with Crippen molar-refractivity contribution in [3.63, 3.8) is 0 Å². The Morgan fingerprint density at radius 3 is 3.12 bits per heavy atom. The van der Waals surface area contributed by atoms with E-state index in [0.29, 0.717) is 13.1 Å². The van der Waals surface area contributed by atoms with Gasteiger partial charge in [0.15, 0.2) is 0 Å².